The van der Waals surface area contributed by atoms with Crippen LogP contribution in [0.1, 0.15) is 138 Å². The first kappa shape index (κ1) is 41.6. The quantitative estimate of drug-likeness (QED) is 0.170. The smallest absolute Gasteiger partial charge is 0.203 e. The second kappa shape index (κ2) is 15.2. The fourth-order valence-corrected chi connectivity index (χ4v) is 11.8. The molecule has 7 atom stereocenters. The van der Waals surface area contributed by atoms with Crippen molar-refractivity contribution < 1.29 is 18.4 Å². The lowest BCUT2D eigenvalue weighted by atomic mass is 9.61. The summed E-state index contributed by atoms with van der Waals surface area (Å²) >= 11 is 0. The van der Waals surface area contributed by atoms with Crippen LogP contribution in [-0.2, 0) is 20.7 Å². The SMILES string of the molecule is C=C1/C(=C\C=C2/CCC[C@]3(C)[C@@H]([C@H](C)/C=C/[C@@H](O)C4(c5ncc(CCC)o5)CC4)CC[C@@H]23)C[C@@H](O[Si](C)(C)C(C)(C)C)C[C@@H]1O[Si](C)(C)C(C)(C)C. The summed E-state index contributed by atoms with van der Waals surface area (Å²) < 4.78 is 20.3. The molecule has 0 spiro atoms. The van der Waals surface area contributed by atoms with Crippen molar-refractivity contribution in [2.24, 2.45) is 23.2 Å². The summed E-state index contributed by atoms with van der Waals surface area (Å²) in [5, 5.41) is 11.7. The molecule has 1 aromatic heterocycles. The van der Waals surface area contributed by atoms with Gasteiger partial charge in [0.15, 0.2) is 16.6 Å². The summed E-state index contributed by atoms with van der Waals surface area (Å²) in [7, 11) is -3.96. The van der Waals surface area contributed by atoms with Gasteiger partial charge in [-0.25, -0.2) is 4.98 Å². The maximum Gasteiger partial charge on any atom is 0.203 e. The van der Waals surface area contributed by atoms with Crippen molar-refractivity contribution in [2.45, 2.75) is 193 Å². The molecule has 0 bridgehead atoms. The fourth-order valence-electron chi connectivity index (χ4n) is 9.18. The minimum atomic E-state index is -2.01. The van der Waals surface area contributed by atoms with E-state index in [9.17, 15) is 5.11 Å². The lowest BCUT2D eigenvalue weighted by Crippen LogP contribution is -2.49. The highest BCUT2D eigenvalue weighted by atomic mass is 28.4. The van der Waals surface area contributed by atoms with Crippen molar-refractivity contribution in [2.75, 3.05) is 0 Å². The van der Waals surface area contributed by atoms with Crippen molar-refractivity contribution in [3.8, 4) is 0 Å². The molecule has 7 heteroatoms. The Bertz CT molecular complexity index is 1520. The van der Waals surface area contributed by atoms with Crippen molar-refractivity contribution in [3.63, 3.8) is 0 Å². The number of hydrogen-bond donors (Lipinski definition) is 1. The Morgan fingerprint density at radius 3 is 2.27 bits per heavy atom. The van der Waals surface area contributed by atoms with E-state index in [1.54, 1.807) is 5.57 Å². The molecule has 0 unspecified atom stereocenters. The zero-order chi connectivity index (χ0) is 38.5. The third-order valence-corrected chi connectivity index (χ3v) is 23.9. The van der Waals surface area contributed by atoms with Gasteiger partial charge in [-0.2, -0.15) is 0 Å². The second-order valence-corrected chi connectivity index (χ2v) is 30.1. The minimum absolute atomic E-state index is 0.00117. The molecule has 1 aromatic rings. The third kappa shape index (κ3) is 8.49. The molecule has 0 radical (unpaired) electrons. The van der Waals surface area contributed by atoms with Crippen LogP contribution in [0.4, 0.5) is 0 Å². The fraction of sp³-hybridized carbons (Fsp3) is 0.756. The number of allylic oxidation sites excluding steroid dienone is 4. The van der Waals surface area contributed by atoms with Gasteiger partial charge in [0.05, 0.1) is 29.9 Å². The summed E-state index contributed by atoms with van der Waals surface area (Å²) in [6.45, 7) is 35.3. The van der Waals surface area contributed by atoms with E-state index < -0.39 is 22.7 Å². The number of nitrogens with zero attached hydrogens (tertiary/aromatic N) is 1. The Balaban J connectivity index is 1.33. The summed E-state index contributed by atoms with van der Waals surface area (Å²) in [5.74, 6) is 3.25. The van der Waals surface area contributed by atoms with Crippen molar-refractivity contribution in [3.05, 3.63) is 65.5 Å². The van der Waals surface area contributed by atoms with Crippen LogP contribution < -0.4 is 0 Å². The lowest BCUT2D eigenvalue weighted by molar-refractivity contribution is 0.0969. The molecule has 0 aromatic carbocycles. The van der Waals surface area contributed by atoms with Gasteiger partial charge in [-0.3, -0.25) is 0 Å². The zero-order valence-electron chi connectivity index (χ0n) is 35.5. The average Bonchev–Trinajstić information content (AvgIpc) is 3.57. The first-order valence-corrected chi connectivity index (χ1v) is 26.6. The van der Waals surface area contributed by atoms with E-state index in [0.717, 1.165) is 55.7 Å². The molecule has 4 aliphatic rings. The number of fused-ring (bicyclic) bond motifs is 1. The number of rotatable bonds is 12. The van der Waals surface area contributed by atoms with Crippen LogP contribution in [0, 0.1) is 23.2 Å². The van der Waals surface area contributed by atoms with Crippen molar-refractivity contribution in [1.82, 2.24) is 4.98 Å². The summed E-state index contributed by atoms with van der Waals surface area (Å²) in [6.07, 6.45) is 22.5. The molecule has 1 N–H and O–H groups in total. The standard InChI is InChI=1S/C45H75NO4Si2/c1-15-17-35-30-46-41(48-35)45(26-27-45)40(47)24-19-31(2)37-22-23-38-33(18-16-25-44(37,38)10)20-21-34-28-36(49-51(11,12)42(4,5)6)29-39(32(34)3)50-52(13,14)43(7,8)9/h19-21,24,30-31,36-40,47H,3,15-18,22-23,25-29H2,1-2,4-14H3/b24-19+,33-20+,34-21-/t31-,36-,37-,38+,39+,40-,44-/m1/s1. The third-order valence-electron chi connectivity index (χ3n) is 14.8. The molecule has 5 rings (SSSR count). The maximum absolute atomic E-state index is 11.4. The molecule has 0 aliphatic heterocycles. The van der Waals surface area contributed by atoms with Gasteiger partial charge >= 0.3 is 0 Å². The highest BCUT2D eigenvalue weighted by molar-refractivity contribution is 6.74. The second-order valence-electron chi connectivity index (χ2n) is 20.6. The molecule has 0 saturated heterocycles. The van der Waals surface area contributed by atoms with Gasteiger partial charge in [0.2, 0.25) is 5.89 Å². The highest BCUT2D eigenvalue weighted by Gasteiger charge is 2.54. The molecule has 5 nitrogen and oxygen atoms in total. The largest absolute Gasteiger partial charge is 0.445 e. The number of aliphatic hydroxyl groups is 1. The van der Waals surface area contributed by atoms with E-state index in [4.69, 9.17) is 19.8 Å². The number of oxazole rings is 1. The van der Waals surface area contributed by atoms with Crippen LogP contribution in [0.5, 0.6) is 0 Å². The first-order chi connectivity index (χ1) is 24.0. The molecule has 4 aliphatic carbocycles. The Morgan fingerprint density at radius 1 is 1.00 bits per heavy atom. The monoisotopic (exact) mass is 750 g/mol. The minimum Gasteiger partial charge on any atom is -0.445 e. The molecular formula is C45H75NO4Si2. The molecule has 4 saturated carbocycles. The van der Waals surface area contributed by atoms with E-state index in [1.807, 2.05) is 6.20 Å². The van der Waals surface area contributed by atoms with E-state index in [2.05, 4.69) is 118 Å². The van der Waals surface area contributed by atoms with Gasteiger partial charge in [0, 0.05) is 12.8 Å². The summed E-state index contributed by atoms with van der Waals surface area (Å²) in [5.41, 5.74) is 4.02. The molecule has 52 heavy (non-hydrogen) atoms. The van der Waals surface area contributed by atoms with E-state index in [1.165, 1.54) is 37.7 Å². The molecule has 1 heterocycles. The first-order valence-electron chi connectivity index (χ1n) is 20.8. The Labute approximate surface area is 320 Å². The molecular weight excluding hydrogens is 675 g/mol. The Kier molecular flexibility index (Phi) is 12.2. The van der Waals surface area contributed by atoms with Gasteiger partial charge < -0.3 is 18.4 Å². The Hall–Kier alpha value is -1.52. The van der Waals surface area contributed by atoms with Crippen molar-refractivity contribution in [1.29, 1.82) is 0 Å². The molecule has 292 valence electrons. The number of aliphatic hydroxyl groups excluding tert-OH is 1. The van der Waals surface area contributed by atoms with Gasteiger partial charge in [0.1, 0.15) is 5.76 Å². The van der Waals surface area contributed by atoms with Crippen LogP contribution in [-0.4, -0.2) is 45.0 Å². The summed E-state index contributed by atoms with van der Waals surface area (Å²) in [6, 6.07) is 0. The van der Waals surface area contributed by atoms with Gasteiger partial charge in [-0.1, -0.05) is 98.8 Å². The van der Waals surface area contributed by atoms with Crippen LogP contribution in [0.15, 0.2) is 58.2 Å². The molecule has 0 amide bonds. The van der Waals surface area contributed by atoms with E-state index in [0.29, 0.717) is 17.8 Å². The molecule has 4 fully saturated rings. The predicted octanol–water partition coefficient (Wildman–Crippen LogP) is 12.4. The topological polar surface area (TPSA) is 64.7 Å². The highest BCUT2D eigenvalue weighted by Crippen LogP contribution is 2.60. The number of aryl methyl sites for hydroxylation is 1. The van der Waals surface area contributed by atoms with Gasteiger partial charge in [-0.05, 0) is 128 Å². The van der Waals surface area contributed by atoms with Crippen LogP contribution in [0.2, 0.25) is 36.3 Å². The predicted molar refractivity (Wildman–Crippen MR) is 223 cm³/mol. The normalized spacial score (nSPS) is 31.4. The van der Waals surface area contributed by atoms with Crippen LogP contribution in [0.3, 0.4) is 0 Å². The lowest BCUT2D eigenvalue weighted by Gasteiger charge is -2.45. The van der Waals surface area contributed by atoms with Gasteiger partial charge in [-0.15, -0.1) is 0 Å². The van der Waals surface area contributed by atoms with E-state index in [-0.39, 0.29) is 33.1 Å². The van der Waals surface area contributed by atoms with E-state index >= 15 is 0 Å². The average molecular weight is 750 g/mol. The van der Waals surface area contributed by atoms with Gasteiger partial charge in [0.25, 0.3) is 0 Å². The number of aromatic nitrogens is 1. The maximum atomic E-state index is 11.4. The van der Waals surface area contributed by atoms with Crippen LogP contribution >= 0.6 is 0 Å². The Morgan fingerprint density at radius 2 is 1.65 bits per heavy atom. The van der Waals surface area contributed by atoms with Crippen molar-refractivity contribution >= 4 is 16.6 Å². The zero-order valence-corrected chi connectivity index (χ0v) is 37.5. The van der Waals surface area contributed by atoms with Crippen LogP contribution in [0.25, 0.3) is 0 Å². The number of hydrogen-bond acceptors (Lipinski definition) is 5. The summed E-state index contributed by atoms with van der Waals surface area (Å²) in [4.78, 5) is 4.59.